The van der Waals surface area contributed by atoms with Crippen LogP contribution in [0.1, 0.15) is 15.9 Å². The molecule has 0 aliphatic carbocycles. The van der Waals surface area contributed by atoms with Gasteiger partial charge in [-0.05, 0) is 35.9 Å². The summed E-state index contributed by atoms with van der Waals surface area (Å²) in [4.78, 5) is 12.0. The predicted molar refractivity (Wildman–Crippen MR) is 84.5 cm³/mol. The van der Waals surface area contributed by atoms with Crippen molar-refractivity contribution in [2.24, 2.45) is 0 Å². The van der Waals surface area contributed by atoms with E-state index < -0.39 is 0 Å². The summed E-state index contributed by atoms with van der Waals surface area (Å²) in [5.41, 5.74) is 1.50. The molecule has 0 atom stereocenters. The Morgan fingerprint density at radius 2 is 1.84 bits per heavy atom. The van der Waals surface area contributed by atoms with Crippen LogP contribution in [0.5, 0.6) is 0 Å². The predicted octanol–water partition coefficient (Wildman–Crippen LogP) is 4.80. The van der Waals surface area contributed by atoms with Crippen molar-refractivity contribution in [3.63, 3.8) is 0 Å². The monoisotopic (exact) mass is 401 g/mol. The highest BCUT2D eigenvalue weighted by atomic mass is 79.9. The molecule has 1 amide bonds. The second-order valence-corrected chi connectivity index (χ2v) is 6.18. The number of rotatable bonds is 3. The van der Waals surface area contributed by atoms with E-state index in [4.69, 9.17) is 11.6 Å². The van der Waals surface area contributed by atoms with Crippen LogP contribution >= 0.6 is 43.5 Å². The molecule has 0 saturated carbocycles. The van der Waals surface area contributed by atoms with Crippen molar-refractivity contribution in [3.05, 3.63) is 67.6 Å². The first-order valence-corrected chi connectivity index (χ1v) is 7.50. The van der Waals surface area contributed by atoms with E-state index >= 15 is 0 Å². The van der Waals surface area contributed by atoms with Crippen LogP contribution in [0.25, 0.3) is 0 Å². The van der Waals surface area contributed by atoms with Gasteiger partial charge in [-0.2, -0.15) is 0 Å². The fourth-order valence-corrected chi connectivity index (χ4v) is 2.80. The summed E-state index contributed by atoms with van der Waals surface area (Å²) < 4.78 is 1.84. The molecule has 0 fully saturated rings. The van der Waals surface area contributed by atoms with Crippen LogP contribution in [0.3, 0.4) is 0 Å². The lowest BCUT2D eigenvalue weighted by atomic mass is 10.2. The zero-order valence-corrected chi connectivity index (χ0v) is 13.7. The summed E-state index contributed by atoms with van der Waals surface area (Å²) in [6.45, 7) is 0.463. The molecule has 0 aliphatic heterocycles. The maximum atomic E-state index is 12.0. The summed E-state index contributed by atoms with van der Waals surface area (Å²) in [7, 11) is 0. The molecule has 0 bridgehead atoms. The fraction of sp³-hybridized carbons (Fsp3) is 0.0714. The van der Waals surface area contributed by atoms with E-state index in [1.807, 2.05) is 24.3 Å². The van der Waals surface area contributed by atoms with Gasteiger partial charge in [0, 0.05) is 15.5 Å². The van der Waals surface area contributed by atoms with Gasteiger partial charge in [-0.1, -0.05) is 55.6 Å². The van der Waals surface area contributed by atoms with Gasteiger partial charge in [0.25, 0.3) is 5.91 Å². The molecular formula is C14H10Br2ClNO. The Balaban J connectivity index is 2.05. The van der Waals surface area contributed by atoms with E-state index in [1.54, 1.807) is 18.2 Å². The van der Waals surface area contributed by atoms with Gasteiger partial charge in [0.1, 0.15) is 0 Å². The molecule has 2 aromatic rings. The number of benzene rings is 2. The molecule has 1 N–H and O–H groups in total. The zero-order valence-electron chi connectivity index (χ0n) is 9.79. The SMILES string of the molecule is O=C(NCc1cccc(Br)c1)c1ccc(Br)cc1Cl. The summed E-state index contributed by atoms with van der Waals surface area (Å²) in [5, 5.41) is 3.27. The van der Waals surface area contributed by atoms with Crippen molar-refractivity contribution in [3.8, 4) is 0 Å². The Kier molecular flexibility index (Phi) is 5.02. The van der Waals surface area contributed by atoms with Crippen molar-refractivity contribution in [2.75, 3.05) is 0 Å². The largest absolute Gasteiger partial charge is 0.348 e. The molecule has 2 aromatic carbocycles. The highest BCUT2D eigenvalue weighted by molar-refractivity contribution is 9.10. The van der Waals surface area contributed by atoms with E-state index in [1.165, 1.54) is 0 Å². The molecule has 98 valence electrons. The van der Waals surface area contributed by atoms with Gasteiger partial charge in [-0.25, -0.2) is 0 Å². The van der Waals surface area contributed by atoms with Gasteiger partial charge in [0.2, 0.25) is 0 Å². The maximum absolute atomic E-state index is 12.0. The average molecular weight is 404 g/mol. The second-order valence-electron chi connectivity index (χ2n) is 3.94. The number of nitrogens with one attached hydrogen (secondary N) is 1. The van der Waals surface area contributed by atoms with Gasteiger partial charge in [0.15, 0.2) is 0 Å². The third kappa shape index (κ3) is 4.06. The number of hydrogen-bond donors (Lipinski definition) is 1. The summed E-state index contributed by atoms with van der Waals surface area (Å²) in [6, 6.07) is 13.0. The van der Waals surface area contributed by atoms with Gasteiger partial charge >= 0.3 is 0 Å². The van der Waals surface area contributed by atoms with E-state index in [-0.39, 0.29) is 5.91 Å². The van der Waals surface area contributed by atoms with Gasteiger partial charge < -0.3 is 5.32 Å². The van der Waals surface area contributed by atoms with Crippen molar-refractivity contribution >= 4 is 49.4 Å². The Labute approximate surface area is 133 Å². The van der Waals surface area contributed by atoms with Gasteiger partial charge in [0.05, 0.1) is 10.6 Å². The van der Waals surface area contributed by atoms with E-state index in [0.29, 0.717) is 17.1 Å². The average Bonchev–Trinajstić information content (AvgIpc) is 2.36. The Bertz CT molecular complexity index is 616. The molecule has 19 heavy (non-hydrogen) atoms. The Hall–Kier alpha value is -0.840. The van der Waals surface area contributed by atoms with Crippen molar-refractivity contribution < 1.29 is 4.79 Å². The van der Waals surface area contributed by atoms with Crippen LogP contribution < -0.4 is 5.32 Å². The van der Waals surface area contributed by atoms with Crippen LogP contribution in [0.4, 0.5) is 0 Å². The Morgan fingerprint density at radius 1 is 1.11 bits per heavy atom. The number of carbonyl (C=O) groups is 1. The molecular weight excluding hydrogens is 393 g/mol. The molecule has 2 nitrogen and oxygen atoms in total. The van der Waals surface area contributed by atoms with Gasteiger partial charge in [-0.15, -0.1) is 0 Å². The second kappa shape index (κ2) is 6.55. The normalized spacial score (nSPS) is 10.3. The van der Waals surface area contributed by atoms with E-state index in [0.717, 1.165) is 14.5 Å². The lowest BCUT2D eigenvalue weighted by Crippen LogP contribution is -2.23. The summed E-state index contributed by atoms with van der Waals surface area (Å²) >= 11 is 12.7. The minimum atomic E-state index is -0.183. The zero-order chi connectivity index (χ0) is 13.8. The minimum absolute atomic E-state index is 0.183. The Morgan fingerprint density at radius 3 is 2.53 bits per heavy atom. The first kappa shape index (κ1) is 14.6. The molecule has 0 spiro atoms. The molecule has 5 heteroatoms. The lowest BCUT2D eigenvalue weighted by Gasteiger charge is -2.07. The van der Waals surface area contributed by atoms with Gasteiger partial charge in [-0.3, -0.25) is 4.79 Å². The highest BCUT2D eigenvalue weighted by Gasteiger charge is 2.10. The van der Waals surface area contributed by atoms with E-state index in [9.17, 15) is 4.79 Å². The maximum Gasteiger partial charge on any atom is 0.253 e. The van der Waals surface area contributed by atoms with Crippen LogP contribution in [0.2, 0.25) is 5.02 Å². The molecule has 0 aliphatic rings. The number of amides is 1. The van der Waals surface area contributed by atoms with Crippen LogP contribution in [-0.2, 0) is 6.54 Å². The molecule has 0 aromatic heterocycles. The summed E-state index contributed by atoms with van der Waals surface area (Å²) in [5.74, 6) is -0.183. The third-order valence-electron chi connectivity index (χ3n) is 2.52. The fourth-order valence-electron chi connectivity index (χ4n) is 1.60. The third-order valence-corrected chi connectivity index (χ3v) is 3.82. The number of carbonyl (C=O) groups excluding carboxylic acids is 1. The van der Waals surface area contributed by atoms with Crippen LogP contribution in [-0.4, -0.2) is 5.91 Å². The molecule has 0 unspecified atom stereocenters. The lowest BCUT2D eigenvalue weighted by molar-refractivity contribution is 0.0951. The summed E-state index contributed by atoms with van der Waals surface area (Å²) in [6.07, 6.45) is 0. The molecule has 0 saturated heterocycles. The smallest absolute Gasteiger partial charge is 0.253 e. The standard InChI is InChI=1S/C14H10Br2ClNO/c15-10-3-1-2-9(6-10)8-18-14(19)12-5-4-11(16)7-13(12)17/h1-7H,8H2,(H,18,19). The van der Waals surface area contributed by atoms with Crippen molar-refractivity contribution in [2.45, 2.75) is 6.54 Å². The first-order valence-electron chi connectivity index (χ1n) is 5.54. The number of hydrogen-bond acceptors (Lipinski definition) is 1. The van der Waals surface area contributed by atoms with E-state index in [2.05, 4.69) is 37.2 Å². The quantitative estimate of drug-likeness (QED) is 0.784. The first-order chi connectivity index (χ1) is 9.06. The van der Waals surface area contributed by atoms with Crippen LogP contribution in [0.15, 0.2) is 51.4 Å². The van der Waals surface area contributed by atoms with Crippen molar-refractivity contribution in [1.29, 1.82) is 0 Å². The van der Waals surface area contributed by atoms with Crippen LogP contribution in [0, 0.1) is 0 Å². The highest BCUT2D eigenvalue weighted by Crippen LogP contribution is 2.21. The molecule has 2 rings (SSSR count). The number of halogens is 3. The molecule has 0 heterocycles. The minimum Gasteiger partial charge on any atom is -0.348 e. The molecule has 0 radical (unpaired) electrons. The topological polar surface area (TPSA) is 29.1 Å². The van der Waals surface area contributed by atoms with Crippen molar-refractivity contribution in [1.82, 2.24) is 5.32 Å².